The summed E-state index contributed by atoms with van der Waals surface area (Å²) >= 11 is 0. The third-order valence-electron chi connectivity index (χ3n) is 6.32. The van der Waals surface area contributed by atoms with Crippen LogP contribution in [0, 0.1) is 5.92 Å². The second-order valence-corrected chi connectivity index (χ2v) is 8.69. The highest BCUT2D eigenvalue weighted by Crippen LogP contribution is 2.38. The van der Waals surface area contributed by atoms with Gasteiger partial charge in [-0.3, -0.25) is 9.69 Å². The smallest absolute Gasteiger partial charge is 0.310 e. The van der Waals surface area contributed by atoms with Crippen molar-refractivity contribution in [3.8, 4) is 17.2 Å². The summed E-state index contributed by atoms with van der Waals surface area (Å²) in [7, 11) is 3.09. The molecule has 1 aliphatic rings. The van der Waals surface area contributed by atoms with Gasteiger partial charge in [-0.2, -0.15) is 0 Å². The first-order chi connectivity index (χ1) is 17.2. The molecule has 1 aliphatic heterocycles. The first kappa shape index (κ1) is 24.6. The Balaban J connectivity index is 1.42. The summed E-state index contributed by atoms with van der Waals surface area (Å²) in [6.45, 7) is 3.29. The van der Waals surface area contributed by atoms with Crippen molar-refractivity contribution in [1.29, 1.82) is 0 Å². The van der Waals surface area contributed by atoms with E-state index < -0.39 is 0 Å². The number of benzene rings is 3. The topological polar surface area (TPSA) is 57.2 Å². The minimum absolute atomic E-state index is 0.0147. The standard InChI is InChI=1S/C29H33NO5/c1-32-27-15-14-23(18-28(27)35-17-9-16-34-24-12-7-4-8-13-24)25-20-30(21-26(25)29(31)33-2)19-22-10-5-3-6-11-22/h3-8,10-15,18,25-26H,9,16-17,19-21H2,1-2H3/t25-,26+/m0/s1. The van der Waals surface area contributed by atoms with E-state index in [9.17, 15) is 4.79 Å². The SMILES string of the molecule is COC(=O)[C@@H]1CN(Cc2ccccc2)C[C@H]1c1ccc(OC)c(OCCCOc2ccccc2)c1. The van der Waals surface area contributed by atoms with Crippen LogP contribution >= 0.6 is 0 Å². The monoisotopic (exact) mass is 475 g/mol. The molecule has 0 radical (unpaired) electrons. The number of carbonyl (C=O) groups is 1. The first-order valence-electron chi connectivity index (χ1n) is 12.0. The summed E-state index contributed by atoms with van der Waals surface area (Å²) in [5.74, 6) is 1.80. The van der Waals surface area contributed by atoms with Gasteiger partial charge in [-0.15, -0.1) is 0 Å². The van der Waals surface area contributed by atoms with Gasteiger partial charge in [0.1, 0.15) is 5.75 Å². The Labute approximate surface area is 207 Å². The molecule has 184 valence electrons. The summed E-state index contributed by atoms with van der Waals surface area (Å²) in [6.07, 6.45) is 0.737. The van der Waals surface area contributed by atoms with Crippen molar-refractivity contribution < 1.29 is 23.7 Å². The lowest BCUT2D eigenvalue weighted by atomic mass is 9.89. The van der Waals surface area contributed by atoms with Crippen LogP contribution in [-0.2, 0) is 16.1 Å². The minimum atomic E-state index is -0.232. The number of hydrogen-bond donors (Lipinski definition) is 0. The number of esters is 1. The van der Waals surface area contributed by atoms with E-state index in [0.29, 0.717) is 31.3 Å². The van der Waals surface area contributed by atoms with Crippen LogP contribution in [0.3, 0.4) is 0 Å². The Morgan fingerprint density at radius 2 is 1.57 bits per heavy atom. The molecule has 1 saturated heterocycles. The van der Waals surface area contributed by atoms with Crippen LogP contribution in [0.2, 0.25) is 0 Å². The molecule has 0 aliphatic carbocycles. The van der Waals surface area contributed by atoms with E-state index in [2.05, 4.69) is 17.0 Å². The molecule has 0 unspecified atom stereocenters. The summed E-state index contributed by atoms with van der Waals surface area (Å²) in [6, 6.07) is 26.0. The number of rotatable bonds is 11. The van der Waals surface area contributed by atoms with Crippen LogP contribution in [0.5, 0.6) is 17.2 Å². The lowest BCUT2D eigenvalue weighted by Gasteiger charge is -2.19. The highest BCUT2D eigenvalue weighted by Gasteiger charge is 2.39. The minimum Gasteiger partial charge on any atom is -0.493 e. The molecule has 3 aromatic rings. The molecule has 0 saturated carbocycles. The Kier molecular flexibility index (Phi) is 8.63. The average molecular weight is 476 g/mol. The Morgan fingerprint density at radius 1 is 0.857 bits per heavy atom. The van der Waals surface area contributed by atoms with Gasteiger partial charge in [-0.05, 0) is 35.4 Å². The third-order valence-corrected chi connectivity index (χ3v) is 6.32. The van der Waals surface area contributed by atoms with Gasteiger partial charge in [-0.25, -0.2) is 0 Å². The molecule has 1 fully saturated rings. The van der Waals surface area contributed by atoms with Crippen molar-refractivity contribution >= 4 is 5.97 Å². The van der Waals surface area contributed by atoms with Crippen molar-refractivity contribution in [2.45, 2.75) is 18.9 Å². The lowest BCUT2D eigenvalue weighted by molar-refractivity contribution is -0.145. The van der Waals surface area contributed by atoms with Gasteiger partial charge >= 0.3 is 5.97 Å². The number of nitrogens with zero attached hydrogens (tertiary/aromatic N) is 1. The number of likely N-dealkylation sites (tertiary alicyclic amines) is 1. The van der Waals surface area contributed by atoms with Crippen molar-refractivity contribution in [2.24, 2.45) is 5.92 Å². The van der Waals surface area contributed by atoms with E-state index in [1.807, 2.05) is 66.7 Å². The van der Waals surface area contributed by atoms with Crippen LogP contribution in [0.15, 0.2) is 78.9 Å². The fourth-order valence-corrected chi connectivity index (χ4v) is 4.57. The van der Waals surface area contributed by atoms with Gasteiger partial charge in [0.25, 0.3) is 0 Å². The zero-order valence-electron chi connectivity index (χ0n) is 20.4. The molecular weight excluding hydrogens is 442 g/mol. The number of methoxy groups -OCH3 is 2. The number of hydrogen-bond acceptors (Lipinski definition) is 6. The fourth-order valence-electron chi connectivity index (χ4n) is 4.57. The van der Waals surface area contributed by atoms with Crippen molar-refractivity contribution in [3.63, 3.8) is 0 Å². The van der Waals surface area contributed by atoms with E-state index in [1.54, 1.807) is 7.11 Å². The molecule has 0 aromatic heterocycles. The predicted octanol–water partition coefficient (Wildman–Crippen LogP) is 4.93. The maximum absolute atomic E-state index is 12.6. The van der Waals surface area contributed by atoms with Crippen LogP contribution in [0.25, 0.3) is 0 Å². The summed E-state index contributed by atoms with van der Waals surface area (Å²) in [5, 5.41) is 0. The van der Waals surface area contributed by atoms with E-state index >= 15 is 0 Å². The molecule has 0 spiro atoms. The fraction of sp³-hybridized carbons (Fsp3) is 0.345. The van der Waals surface area contributed by atoms with Gasteiger partial charge in [0, 0.05) is 32.0 Å². The highest BCUT2D eigenvalue weighted by atomic mass is 16.5. The molecule has 35 heavy (non-hydrogen) atoms. The van der Waals surface area contributed by atoms with Crippen LogP contribution in [0.4, 0.5) is 0 Å². The zero-order valence-corrected chi connectivity index (χ0v) is 20.4. The Bertz CT molecular complexity index is 1070. The summed E-state index contributed by atoms with van der Waals surface area (Å²) in [4.78, 5) is 15.0. The Hall–Kier alpha value is -3.51. The number of para-hydroxylation sites is 1. The molecule has 1 heterocycles. The van der Waals surface area contributed by atoms with E-state index in [-0.39, 0.29) is 17.8 Å². The molecule has 0 bridgehead atoms. The summed E-state index contributed by atoms with van der Waals surface area (Å²) in [5.41, 5.74) is 2.28. The molecule has 2 atom stereocenters. The first-order valence-corrected chi connectivity index (χ1v) is 12.0. The molecular formula is C29H33NO5. The zero-order chi connectivity index (χ0) is 24.5. The lowest BCUT2D eigenvalue weighted by Crippen LogP contribution is -2.24. The maximum Gasteiger partial charge on any atom is 0.310 e. The van der Waals surface area contributed by atoms with Crippen LogP contribution < -0.4 is 14.2 Å². The molecule has 6 nitrogen and oxygen atoms in total. The molecule has 0 N–H and O–H groups in total. The van der Waals surface area contributed by atoms with Crippen LogP contribution in [-0.4, -0.2) is 51.4 Å². The van der Waals surface area contributed by atoms with Gasteiger partial charge in [0.05, 0.1) is 33.4 Å². The van der Waals surface area contributed by atoms with Crippen molar-refractivity contribution in [3.05, 3.63) is 90.0 Å². The average Bonchev–Trinajstić information content (AvgIpc) is 3.33. The van der Waals surface area contributed by atoms with Gasteiger partial charge in [0.2, 0.25) is 0 Å². The quantitative estimate of drug-likeness (QED) is 0.290. The van der Waals surface area contributed by atoms with Crippen molar-refractivity contribution in [1.82, 2.24) is 4.90 Å². The molecule has 4 rings (SSSR count). The van der Waals surface area contributed by atoms with E-state index in [4.69, 9.17) is 18.9 Å². The molecule has 6 heteroatoms. The predicted molar refractivity (Wildman–Crippen MR) is 135 cm³/mol. The van der Waals surface area contributed by atoms with Crippen LogP contribution in [0.1, 0.15) is 23.5 Å². The van der Waals surface area contributed by atoms with Gasteiger partial charge in [0.15, 0.2) is 11.5 Å². The Morgan fingerprint density at radius 3 is 2.29 bits per heavy atom. The number of ether oxygens (including phenoxy) is 4. The van der Waals surface area contributed by atoms with Crippen molar-refractivity contribution in [2.75, 3.05) is 40.5 Å². The third kappa shape index (κ3) is 6.55. The molecule has 0 amide bonds. The maximum atomic E-state index is 12.6. The molecule has 3 aromatic carbocycles. The van der Waals surface area contributed by atoms with E-state index in [1.165, 1.54) is 12.7 Å². The van der Waals surface area contributed by atoms with E-state index in [0.717, 1.165) is 30.8 Å². The second kappa shape index (κ2) is 12.3. The number of carbonyl (C=O) groups excluding carboxylic acids is 1. The second-order valence-electron chi connectivity index (χ2n) is 8.69. The summed E-state index contributed by atoms with van der Waals surface area (Å²) < 4.78 is 22.5. The van der Waals surface area contributed by atoms with Gasteiger partial charge in [-0.1, -0.05) is 54.6 Å². The normalized spacial score (nSPS) is 17.7. The largest absolute Gasteiger partial charge is 0.493 e. The highest BCUT2D eigenvalue weighted by molar-refractivity contribution is 5.74. The van der Waals surface area contributed by atoms with Gasteiger partial charge < -0.3 is 18.9 Å².